The van der Waals surface area contributed by atoms with E-state index in [1.807, 2.05) is 16.2 Å². The van der Waals surface area contributed by atoms with Crippen LogP contribution in [0.1, 0.15) is 23.6 Å². The van der Waals surface area contributed by atoms with Gasteiger partial charge in [0.2, 0.25) is 0 Å². The number of carboxylic acids is 1. The van der Waals surface area contributed by atoms with Gasteiger partial charge in [0.1, 0.15) is 6.04 Å². The third kappa shape index (κ3) is 3.78. The van der Waals surface area contributed by atoms with E-state index in [4.69, 9.17) is 5.11 Å². The SMILES string of the molecule is CCc1ccc(CN2CCN(C(C)C(=O)O)CC2)s1. The highest BCUT2D eigenvalue weighted by molar-refractivity contribution is 7.11. The normalized spacial score (nSPS) is 19.5. The summed E-state index contributed by atoms with van der Waals surface area (Å²) in [5, 5.41) is 9.01. The van der Waals surface area contributed by atoms with Crippen molar-refractivity contribution >= 4 is 17.3 Å². The van der Waals surface area contributed by atoms with Crippen LogP contribution in [0, 0.1) is 0 Å². The van der Waals surface area contributed by atoms with E-state index >= 15 is 0 Å². The summed E-state index contributed by atoms with van der Waals surface area (Å²) >= 11 is 1.89. The number of rotatable bonds is 5. The fourth-order valence-electron chi connectivity index (χ4n) is 2.38. The second kappa shape index (κ2) is 6.50. The molecule has 1 aromatic heterocycles. The summed E-state index contributed by atoms with van der Waals surface area (Å²) in [6.07, 6.45) is 1.11. The van der Waals surface area contributed by atoms with Crippen LogP contribution in [0.15, 0.2) is 12.1 Å². The van der Waals surface area contributed by atoms with Crippen molar-refractivity contribution in [2.75, 3.05) is 26.2 Å². The van der Waals surface area contributed by atoms with Gasteiger partial charge in [0.05, 0.1) is 0 Å². The van der Waals surface area contributed by atoms with Crippen molar-refractivity contribution in [2.45, 2.75) is 32.9 Å². The Balaban J connectivity index is 1.81. The van der Waals surface area contributed by atoms with Crippen molar-refractivity contribution < 1.29 is 9.90 Å². The third-order valence-corrected chi connectivity index (χ3v) is 4.97. The molecule has 0 bridgehead atoms. The Hall–Kier alpha value is -0.910. The number of aliphatic carboxylic acids is 1. The summed E-state index contributed by atoms with van der Waals surface area (Å²) in [6.45, 7) is 8.55. The van der Waals surface area contributed by atoms with E-state index < -0.39 is 5.97 Å². The lowest BCUT2D eigenvalue weighted by Crippen LogP contribution is -2.51. The fourth-order valence-corrected chi connectivity index (χ4v) is 3.38. The molecule has 1 N–H and O–H groups in total. The van der Waals surface area contributed by atoms with Crippen molar-refractivity contribution in [3.63, 3.8) is 0 Å². The molecular weight excluding hydrogens is 260 g/mol. The molecular formula is C14H22N2O2S. The Morgan fingerprint density at radius 1 is 1.32 bits per heavy atom. The lowest BCUT2D eigenvalue weighted by Gasteiger charge is -2.36. The maximum absolute atomic E-state index is 11.0. The van der Waals surface area contributed by atoms with Crippen LogP contribution in [0.25, 0.3) is 0 Å². The highest BCUT2D eigenvalue weighted by Gasteiger charge is 2.25. The Kier molecular flexibility index (Phi) is 4.96. The predicted molar refractivity (Wildman–Crippen MR) is 77.6 cm³/mol. The molecule has 0 spiro atoms. The maximum atomic E-state index is 11.0. The Labute approximate surface area is 118 Å². The minimum absolute atomic E-state index is 0.365. The molecule has 1 aromatic rings. The number of piperazine rings is 1. The summed E-state index contributed by atoms with van der Waals surface area (Å²) in [7, 11) is 0. The zero-order valence-corrected chi connectivity index (χ0v) is 12.4. The van der Waals surface area contributed by atoms with E-state index in [-0.39, 0.29) is 6.04 Å². The minimum atomic E-state index is -0.723. The highest BCUT2D eigenvalue weighted by Crippen LogP contribution is 2.19. The van der Waals surface area contributed by atoms with E-state index in [1.54, 1.807) is 6.92 Å². The van der Waals surface area contributed by atoms with Crippen molar-refractivity contribution in [1.82, 2.24) is 9.80 Å². The Morgan fingerprint density at radius 3 is 2.47 bits per heavy atom. The molecule has 2 heterocycles. The zero-order valence-electron chi connectivity index (χ0n) is 11.6. The number of aryl methyl sites for hydroxylation is 1. The van der Waals surface area contributed by atoms with Crippen molar-refractivity contribution in [3.05, 3.63) is 21.9 Å². The molecule has 1 fully saturated rings. The van der Waals surface area contributed by atoms with Gasteiger partial charge in [-0.1, -0.05) is 6.92 Å². The largest absolute Gasteiger partial charge is 0.480 e. The fraction of sp³-hybridized carbons (Fsp3) is 0.643. The van der Waals surface area contributed by atoms with Gasteiger partial charge in [0, 0.05) is 42.5 Å². The molecule has 1 saturated heterocycles. The number of carboxylic acid groups (broad SMARTS) is 1. The monoisotopic (exact) mass is 282 g/mol. The van der Waals surface area contributed by atoms with Gasteiger partial charge in [-0.3, -0.25) is 14.6 Å². The molecule has 1 unspecified atom stereocenters. The van der Waals surface area contributed by atoms with Crippen LogP contribution in [-0.4, -0.2) is 53.1 Å². The van der Waals surface area contributed by atoms with Gasteiger partial charge >= 0.3 is 5.97 Å². The summed E-state index contributed by atoms with van der Waals surface area (Å²) in [6, 6.07) is 4.06. The first kappa shape index (κ1) is 14.5. The molecule has 1 aliphatic rings. The predicted octanol–water partition coefficient (Wildman–Crippen LogP) is 1.90. The molecule has 1 aliphatic heterocycles. The van der Waals surface area contributed by atoms with Crippen molar-refractivity contribution in [3.8, 4) is 0 Å². The first-order valence-corrected chi connectivity index (χ1v) is 7.68. The first-order valence-electron chi connectivity index (χ1n) is 6.87. The van der Waals surface area contributed by atoms with Gasteiger partial charge < -0.3 is 5.11 Å². The molecule has 1 atom stereocenters. The molecule has 19 heavy (non-hydrogen) atoms. The van der Waals surface area contributed by atoms with Crippen LogP contribution >= 0.6 is 11.3 Å². The summed E-state index contributed by atoms with van der Waals surface area (Å²) in [5.41, 5.74) is 0. The number of thiophene rings is 1. The van der Waals surface area contributed by atoms with Crippen LogP contribution in [0.2, 0.25) is 0 Å². The maximum Gasteiger partial charge on any atom is 0.320 e. The third-order valence-electron chi connectivity index (χ3n) is 3.76. The lowest BCUT2D eigenvalue weighted by molar-refractivity contribution is -0.143. The van der Waals surface area contributed by atoms with Crippen molar-refractivity contribution in [1.29, 1.82) is 0 Å². The average molecular weight is 282 g/mol. The molecule has 0 amide bonds. The summed E-state index contributed by atoms with van der Waals surface area (Å²) < 4.78 is 0. The lowest BCUT2D eigenvalue weighted by atomic mass is 10.2. The van der Waals surface area contributed by atoms with Crippen LogP contribution < -0.4 is 0 Å². The van der Waals surface area contributed by atoms with Crippen molar-refractivity contribution in [2.24, 2.45) is 0 Å². The van der Waals surface area contributed by atoms with Crippen LogP contribution in [0.5, 0.6) is 0 Å². The molecule has 0 aromatic carbocycles. The molecule has 106 valence electrons. The number of hydrogen-bond acceptors (Lipinski definition) is 4. The number of nitrogens with zero attached hydrogens (tertiary/aromatic N) is 2. The minimum Gasteiger partial charge on any atom is -0.480 e. The summed E-state index contributed by atoms with van der Waals surface area (Å²) in [5.74, 6) is -0.723. The summed E-state index contributed by atoms with van der Waals surface area (Å²) in [4.78, 5) is 18.3. The van der Waals surface area contributed by atoms with E-state index in [2.05, 4.69) is 24.0 Å². The average Bonchev–Trinajstić information content (AvgIpc) is 2.86. The molecule has 0 radical (unpaired) electrons. The molecule has 2 rings (SSSR count). The van der Waals surface area contributed by atoms with Crippen LogP contribution in [0.4, 0.5) is 0 Å². The molecule has 0 aliphatic carbocycles. The zero-order chi connectivity index (χ0) is 13.8. The van der Waals surface area contributed by atoms with Gasteiger partial charge in [-0.05, 0) is 25.5 Å². The number of hydrogen-bond donors (Lipinski definition) is 1. The van der Waals surface area contributed by atoms with E-state index in [0.29, 0.717) is 0 Å². The Bertz CT molecular complexity index is 425. The second-order valence-electron chi connectivity index (χ2n) is 5.05. The van der Waals surface area contributed by atoms with Gasteiger partial charge in [0.25, 0.3) is 0 Å². The quantitative estimate of drug-likeness (QED) is 0.896. The number of carbonyl (C=O) groups is 1. The van der Waals surface area contributed by atoms with Gasteiger partial charge in [-0.15, -0.1) is 11.3 Å². The molecule has 5 heteroatoms. The first-order chi connectivity index (χ1) is 9.10. The van der Waals surface area contributed by atoms with Gasteiger partial charge in [-0.2, -0.15) is 0 Å². The van der Waals surface area contributed by atoms with E-state index in [9.17, 15) is 4.79 Å². The van der Waals surface area contributed by atoms with Crippen LogP contribution in [0.3, 0.4) is 0 Å². The smallest absolute Gasteiger partial charge is 0.320 e. The van der Waals surface area contributed by atoms with E-state index in [0.717, 1.165) is 39.1 Å². The molecule has 4 nitrogen and oxygen atoms in total. The van der Waals surface area contributed by atoms with Gasteiger partial charge in [-0.25, -0.2) is 0 Å². The van der Waals surface area contributed by atoms with Gasteiger partial charge in [0.15, 0.2) is 0 Å². The highest BCUT2D eigenvalue weighted by atomic mass is 32.1. The van der Waals surface area contributed by atoms with E-state index in [1.165, 1.54) is 9.75 Å². The Morgan fingerprint density at radius 2 is 1.95 bits per heavy atom. The van der Waals surface area contributed by atoms with Crippen LogP contribution in [-0.2, 0) is 17.8 Å². The second-order valence-corrected chi connectivity index (χ2v) is 6.30. The molecule has 0 saturated carbocycles. The topological polar surface area (TPSA) is 43.8 Å². The standard InChI is InChI=1S/C14H22N2O2S/c1-3-12-4-5-13(19-12)10-15-6-8-16(9-7-15)11(2)14(17)18/h4-5,11H,3,6-10H2,1-2H3,(H,17,18).